The van der Waals surface area contributed by atoms with Gasteiger partial charge in [-0.15, -0.1) is 0 Å². The predicted octanol–water partition coefficient (Wildman–Crippen LogP) is 2.61. The zero-order valence-corrected chi connectivity index (χ0v) is 13.4. The van der Waals surface area contributed by atoms with Crippen LogP contribution < -0.4 is 0 Å². The van der Waals surface area contributed by atoms with Crippen molar-refractivity contribution < 1.29 is 18.4 Å². The molecule has 2 amide bonds. The number of carbonyl (C=O) groups is 2. The van der Waals surface area contributed by atoms with Crippen molar-refractivity contribution in [2.24, 2.45) is 5.92 Å². The lowest BCUT2D eigenvalue weighted by molar-refractivity contribution is -0.133. The van der Waals surface area contributed by atoms with E-state index in [0.717, 1.165) is 25.0 Å². The fraction of sp³-hybridized carbons (Fsp3) is 0.444. The second-order valence-electron chi connectivity index (χ2n) is 6.24. The summed E-state index contributed by atoms with van der Waals surface area (Å²) < 4.78 is 27.5. The normalized spacial score (nSPS) is 20.5. The lowest BCUT2D eigenvalue weighted by Crippen LogP contribution is -2.51. The molecule has 24 heavy (non-hydrogen) atoms. The molecule has 0 aromatic heterocycles. The van der Waals surface area contributed by atoms with Gasteiger partial charge in [-0.1, -0.05) is 18.2 Å². The van der Waals surface area contributed by atoms with E-state index < -0.39 is 23.1 Å². The molecule has 6 heteroatoms. The highest BCUT2D eigenvalue weighted by atomic mass is 19.1. The summed E-state index contributed by atoms with van der Waals surface area (Å²) in [6.45, 7) is 1.38. The highest BCUT2D eigenvalue weighted by molar-refractivity contribution is 5.95. The first-order chi connectivity index (χ1) is 11.6. The molecule has 1 aromatic carbocycles. The summed E-state index contributed by atoms with van der Waals surface area (Å²) in [5.41, 5.74) is -0.520. The van der Waals surface area contributed by atoms with Gasteiger partial charge in [0.25, 0.3) is 5.91 Å². The van der Waals surface area contributed by atoms with Gasteiger partial charge in [0.05, 0.1) is 0 Å². The van der Waals surface area contributed by atoms with Crippen LogP contribution in [0, 0.1) is 17.6 Å². The summed E-state index contributed by atoms with van der Waals surface area (Å²) >= 11 is 0. The molecule has 0 bridgehead atoms. The molecule has 0 N–H and O–H groups in total. The number of hydrogen-bond donors (Lipinski definition) is 0. The number of carbonyl (C=O) groups excluding carboxylic acids is 2. The van der Waals surface area contributed by atoms with Crippen molar-refractivity contribution in [3.8, 4) is 0 Å². The van der Waals surface area contributed by atoms with Gasteiger partial charge >= 0.3 is 0 Å². The van der Waals surface area contributed by atoms with Gasteiger partial charge in [-0.25, -0.2) is 8.78 Å². The molecule has 1 aliphatic heterocycles. The van der Waals surface area contributed by atoms with Crippen LogP contribution >= 0.6 is 0 Å². The lowest BCUT2D eigenvalue weighted by atomic mass is 10.0. The third kappa shape index (κ3) is 3.47. The van der Waals surface area contributed by atoms with Crippen molar-refractivity contribution in [2.45, 2.75) is 19.3 Å². The Bertz CT molecular complexity index is 647. The third-order valence-electron chi connectivity index (χ3n) is 4.65. The van der Waals surface area contributed by atoms with Crippen LogP contribution in [0.1, 0.15) is 29.6 Å². The summed E-state index contributed by atoms with van der Waals surface area (Å²) in [5, 5.41) is 0. The highest BCUT2D eigenvalue weighted by Crippen LogP contribution is 2.22. The van der Waals surface area contributed by atoms with Crippen LogP contribution in [0.5, 0.6) is 0 Å². The van der Waals surface area contributed by atoms with E-state index in [4.69, 9.17) is 0 Å². The Kier molecular flexibility index (Phi) is 4.92. The first-order valence-electron chi connectivity index (χ1n) is 8.24. The Morgan fingerprint density at radius 1 is 1.04 bits per heavy atom. The van der Waals surface area contributed by atoms with Gasteiger partial charge in [0.2, 0.25) is 5.91 Å². The molecule has 1 aromatic rings. The smallest absolute Gasteiger partial charge is 0.259 e. The summed E-state index contributed by atoms with van der Waals surface area (Å²) in [4.78, 5) is 27.7. The van der Waals surface area contributed by atoms with Crippen LogP contribution in [0.15, 0.2) is 30.4 Å². The molecular weight excluding hydrogens is 314 g/mol. The summed E-state index contributed by atoms with van der Waals surface area (Å²) in [5.74, 6) is -1.98. The van der Waals surface area contributed by atoms with Crippen LogP contribution in [0.2, 0.25) is 0 Å². The molecular formula is C18H20F2N2O2. The second kappa shape index (κ2) is 7.11. The van der Waals surface area contributed by atoms with Crippen molar-refractivity contribution >= 4 is 11.8 Å². The standard InChI is InChI=1S/C18H20F2N2O2/c19-14-6-3-7-15(20)17(14)18(24)22-10-8-21(9-11-22)16(23)12-13-4-1-2-5-13/h1,3-4,6-7,13H,2,5,8-12H2. The van der Waals surface area contributed by atoms with Gasteiger partial charge < -0.3 is 9.80 Å². The monoisotopic (exact) mass is 334 g/mol. The molecule has 1 aliphatic carbocycles. The lowest BCUT2D eigenvalue weighted by Gasteiger charge is -2.35. The van der Waals surface area contributed by atoms with E-state index in [-0.39, 0.29) is 5.91 Å². The molecule has 0 saturated carbocycles. The van der Waals surface area contributed by atoms with Gasteiger partial charge in [-0.2, -0.15) is 0 Å². The summed E-state index contributed by atoms with van der Waals surface area (Å²) in [6.07, 6.45) is 6.70. The first kappa shape index (κ1) is 16.6. The maximum Gasteiger partial charge on any atom is 0.259 e. The Labute approximate surface area is 139 Å². The fourth-order valence-corrected chi connectivity index (χ4v) is 3.24. The largest absolute Gasteiger partial charge is 0.339 e. The zero-order chi connectivity index (χ0) is 17.1. The minimum absolute atomic E-state index is 0.0794. The maximum absolute atomic E-state index is 13.7. The van der Waals surface area contributed by atoms with Crippen LogP contribution in [0.25, 0.3) is 0 Å². The number of hydrogen-bond acceptors (Lipinski definition) is 2. The molecule has 1 atom stereocenters. The van der Waals surface area contributed by atoms with E-state index in [1.807, 2.05) is 0 Å². The number of benzene rings is 1. The number of allylic oxidation sites excluding steroid dienone is 2. The van der Waals surface area contributed by atoms with Crippen LogP contribution in [0.3, 0.4) is 0 Å². The second-order valence-corrected chi connectivity index (χ2v) is 6.24. The average molecular weight is 334 g/mol. The fourth-order valence-electron chi connectivity index (χ4n) is 3.24. The van der Waals surface area contributed by atoms with Gasteiger partial charge in [-0.05, 0) is 30.9 Å². The molecule has 0 radical (unpaired) electrons. The first-order valence-corrected chi connectivity index (χ1v) is 8.24. The predicted molar refractivity (Wildman–Crippen MR) is 85.3 cm³/mol. The number of nitrogens with zero attached hydrogens (tertiary/aromatic N) is 2. The van der Waals surface area contributed by atoms with E-state index in [2.05, 4.69) is 12.2 Å². The topological polar surface area (TPSA) is 40.6 Å². The number of rotatable bonds is 3. The van der Waals surface area contributed by atoms with E-state index >= 15 is 0 Å². The minimum atomic E-state index is -0.855. The van der Waals surface area contributed by atoms with Crippen molar-refractivity contribution in [1.82, 2.24) is 9.80 Å². The third-order valence-corrected chi connectivity index (χ3v) is 4.65. The van der Waals surface area contributed by atoms with E-state index in [1.54, 1.807) is 4.90 Å². The van der Waals surface area contributed by atoms with Gasteiger partial charge in [-0.3, -0.25) is 9.59 Å². The molecule has 128 valence electrons. The Balaban J connectivity index is 1.57. The zero-order valence-electron chi connectivity index (χ0n) is 13.4. The van der Waals surface area contributed by atoms with E-state index in [1.165, 1.54) is 11.0 Å². The van der Waals surface area contributed by atoms with Crippen molar-refractivity contribution in [3.63, 3.8) is 0 Å². The van der Waals surface area contributed by atoms with Crippen molar-refractivity contribution in [2.75, 3.05) is 26.2 Å². The average Bonchev–Trinajstić information content (AvgIpc) is 3.07. The molecule has 1 saturated heterocycles. The molecule has 1 heterocycles. The molecule has 3 rings (SSSR count). The highest BCUT2D eigenvalue weighted by Gasteiger charge is 2.28. The number of halogens is 2. The van der Waals surface area contributed by atoms with Crippen LogP contribution in [0.4, 0.5) is 8.78 Å². The molecule has 0 spiro atoms. The Morgan fingerprint density at radius 2 is 1.67 bits per heavy atom. The van der Waals surface area contributed by atoms with E-state index in [0.29, 0.717) is 38.5 Å². The summed E-state index contributed by atoms with van der Waals surface area (Å²) in [7, 11) is 0. The van der Waals surface area contributed by atoms with Crippen molar-refractivity contribution in [1.29, 1.82) is 0 Å². The number of piperazine rings is 1. The van der Waals surface area contributed by atoms with Gasteiger partial charge in [0, 0.05) is 32.6 Å². The summed E-state index contributed by atoms with van der Waals surface area (Å²) in [6, 6.07) is 3.38. The maximum atomic E-state index is 13.7. The van der Waals surface area contributed by atoms with Crippen LogP contribution in [-0.4, -0.2) is 47.8 Å². The number of amides is 2. The Morgan fingerprint density at radius 3 is 2.25 bits per heavy atom. The van der Waals surface area contributed by atoms with E-state index in [9.17, 15) is 18.4 Å². The van der Waals surface area contributed by atoms with Gasteiger partial charge in [0.1, 0.15) is 17.2 Å². The molecule has 1 fully saturated rings. The Hall–Kier alpha value is -2.24. The van der Waals surface area contributed by atoms with Crippen molar-refractivity contribution in [3.05, 3.63) is 47.5 Å². The molecule has 4 nitrogen and oxygen atoms in total. The molecule has 1 unspecified atom stereocenters. The van der Waals surface area contributed by atoms with Crippen LogP contribution in [-0.2, 0) is 4.79 Å². The van der Waals surface area contributed by atoms with Gasteiger partial charge in [0.15, 0.2) is 0 Å². The quantitative estimate of drug-likeness (QED) is 0.797. The minimum Gasteiger partial charge on any atom is -0.339 e. The SMILES string of the molecule is O=C(CC1C=CCC1)N1CCN(C(=O)c2c(F)cccc2F)CC1. The molecule has 2 aliphatic rings.